The minimum absolute atomic E-state index is 0.0530. The molecular formula is C15H16N4OS. The van der Waals surface area contributed by atoms with Gasteiger partial charge in [-0.25, -0.2) is 4.98 Å². The molecule has 1 amide bonds. The molecule has 0 spiro atoms. The van der Waals surface area contributed by atoms with Crippen molar-refractivity contribution in [1.82, 2.24) is 10.3 Å². The molecule has 0 bridgehead atoms. The molecule has 3 rings (SSSR count). The molecule has 6 heteroatoms. The lowest BCUT2D eigenvalue weighted by molar-refractivity contribution is -0.122. The fourth-order valence-electron chi connectivity index (χ4n) is 2.73. The Bertz CT molecular complexity index is 672. The summed E-state index contributed by atoms with van der Waals surface area (Å²) in [6.45, 7) is 3.01. The smallest absolute Gasteiger partial charge is 0.243 e. The van der Waals surface area contributed by atoms with Gasteiger partial charge in [-0.2, -0.15) is 5.26 Å². The maximum atomic E-state index is 12.2. The number of carbonyl (C=O) groups is 1. The zero-order chi connectivity index (χ0) is 14.8. The van der Waals surface area contributed by atoms with Gasteiger partial charge < -0.3 is 10.2 Å². The maximum absolute atomic E-state index is 12.2. The van der Waals surface area contributed by atoms with Gasteiger partial charge in [0.25, 0.3) is 0 Å². The van der Waals surface area contributed by atoms with Gasteiger partial charge in [-0.05, 0) is 24.5 Å². The highest BCUT2D eigenvalue weighted by atomic mass is 32.1. The van der Waals surface area contributed by atoms with E-state index in [4.69, 9.17) is 5.26 Å². The van der Waals surface area contributed by atoms with Crippen molar-refractivity contribution in [2.24, 2.45) is 5.92 Å². The minimum atomic E-state index is -0.228. The molecule has 1 N–H and O–H groups in total. The van der Waals surface area contributed by atoms with Crippen molar-refractivity contribution in [2.45, 2.75) is 19.4 Å². The molecule has 2 heterocycles. The average Bonchev–Trinajstić information content (AvgIpc) is 3.07. The lowest BCUT2D eigenvalue weighted by Crippen LogP contribution is -2.43. The number of rotatable bonds is 3. The second-order valence-corrected chi connectivity index (χ2v) is 6.36. The molecule has 1 aromatic heterocycles. The molecule has 0 aliphatic carbocycles. The molecular weight excluding hydrogens is 284 g/mol. The van der Waals surface area contributed by atoms with Gasteiger partial charge in [0.05, 0.1) is 16.3 Å². The van der Waals surface area contributed by atoms with Gasteiger partial charge in [0, 0.05) is 6.54 Å². The van der Waals surface area contributed by atoms with Crippen LogP contribution in [0.3, 0.4) is 0 Å². The Hall–Kier alpha value is -2.13. The summed E-state index contributed by atoms with van der Waals surface area (Å²) in [6.07, 6.45) is 0.799. The Morgan fingerprint density at radius 3 is 3.14 bits per heavy atom. The first kappa shape index (κ1) is 13.8. The number of fused-ring (bicyclic) bond motifs is 1. The molecule has 21 heavy (non-hydrogen) atoms. The third-order valence-corrected chi connectivity index (χ3v) is 4.76. The van der Waals surface area contributed by atoms with Crippen LogP contribution in [-0.4, -0.2) is 30.0 Å². The van der Waals surface area contributed by atoms with E-state index >= 15 is 0 Å². The van der Waals surface area contributed by atoms with E-state index in [1.54, 1.807) is 11.3 Å². The molecule has 5 nitrogen and oxygen atoms in total. The van der Waals surface area contributed by atoms with Crippen LogP contribution in [0, 0.1) is 17.2 Å². The number of thiazole rings is 1. The predicted molar refractivity (Wildman–Crippen MR) is 83.2 cm³/mol. The molecule has 0 unspecified atom stereocenters. The summed E-state index contributed by atoms with van der Waals surface area (Å²) in [5.41, 5.74) is 0.966. The molecule has 2 aromatic rings. The molecule has 0 saturated carbocycles. The van der Waals surface area contributed by atoms with Crippen LogP contribution in [0.4, 0.5) is 5.13 Å². The molecule has 1 fully saturated rings. The Kier molecular flexibility index (Phi) is 3.76. The number of para-hydroxylation sites is 1. The van der Waals surface area contributed by atoms with E-state index in [1.165, 1.54) is 0 Å². The predicted octanol–water partition coefficient (Wildman–Crippen LogP) is 2.15. The Labute approximate surface area is 127 Å². The average molecular weight is 300 g/mol. The summed E-state index contributed by atoms with van der Waals surface area (Å²) >= 11 is 1.61. The second-order valence-electron chi connectivity index (χ2n) is 5.35. The highest BCUT2D eigenvalue weighted by Crippen LogP contribution is 2.34. The fourth-order valence-corrected chi connectivity index (χ4v) is 3.76. The Balaban J connectivity index is 1.87. The van der Waals surface area contributed by atoms with Crippen LogP contribution in [-0.2, 0) is 4.79 Å². The Morgan fingerprint density at radius 1 is 1.57 bits per heavy atom. The lowest BCUT2D eigenvalue weighted by atomic mass is 10.1. The lowest BCUT2D eigenvalue weighted by Gasteiger charge is -2.22. The van der Waals surface area contributed by atoms with Gasteiger partial charge in [0.2, 0.25) is 5.91 Å². The van der Waals surface area contributed by atoms with Crippen molar-refractivity contribution in [2.75, 3.05) is 18.0 Å². The van der Waals surface area contributed by atoms with Crippen molar-refractivity contribution in [3.63, 3.8) is 0 Å². The highest BCUT2D eigenvalue weighted by Gasteiger charge is 2.36. The van der Waals surface area contributed by atoms with E-state index in [-0.39, 0.29) is 18.5 Å². The third kappa shape index (κ3) is 2.69. The summed E-state index contributed by atoms with van der Waals surface area (Å²) in [5, 5.41) is 12.1. The zero-order valence-corrected chi connectivity index (χ0v) is 12.6. The number of nitrogens with zero attached hydrogens (tertiary/aromatic N) is 3. The monoisotopic (exact) mass is 300 g/mol. The summed E-state index contributed by atoms with van der Waals surface area (Å²) in [7, 11) is 0. The minimum Gasteiger partial charge on any atom is -0.341 e. The van der Waals surface area contributed by atoms with Crippen molar-refractivity contribution < 1.29 is 4.79 Å². The van der Waals surface area contributed by atoms with E-state index in [2.05, 4.69) is 22.1 Å². The maximum Gasteiger partial charge on any atom is 0.243 e. The molecule has 1 aliphatic rings. The van der Waals surface area contributed by atoms with Crippen molar-refractivity contribution >= 4 is 32.6 Å². The number of anilines is 1. The summed E-state index contributed by atoms with van der Waals surface area (Å²) < 4.78 is 1.13. The van der Waals surface area contributed by atoms with Crippen LogP contribution >= 0.6 is 11.3 Å². The summed E-state index contributed by atoms with van der Waals surface area (Å²) in [5.74, 6) is 0.356. The molecule has 108 valence electrons. The van der Waals surface area contributed by atoms with Crippen LogP contribution < -0.4 is 10.2 Å². The SMILES string of the molecule is C[C@H]1C[C@@H](C(=O)NCC#N)N(c2nc3ccccc3s2)C1. The molecule has 2 atom stereocenters. The summed E-state index contributed by atoms with van der Waals surface area (Å²) in [6, 6.07) is 9.71. The Morgan fingerprint density at radius 2 is 2.38 bits per heavy atom. The van der Waals surface area contributed by atoms with E-state index < -0.39 is 0 Å². The second kappa shape index (κ2) is 5.70. The zero-order valence-electron chi connectivity index (χ0n) is 11.7. The van der Waals surface area contributed by atoms with Crippen LogP contribution in [0.1, 0.15) is 13.3 Å². The number of nitriles is 1. The van der Waals surface area contributed by atoms with Gasteiger partial charge >= 0.3 is 0 Å². The number of aromatic nitrogens is 1. The van der Waals surface area contributed by atoms with Gasteiger partial charge in [0.15, 0.2) is 5.13 Å². The molecule has 1 saturated heterocycles. The van der Waals surface area contributed by atoms with Gasteiger partial charge in [-0.3, -0.25) is 4.79 Å². The fraction of sp³-hybridized carbons (Fsp3) is 0.400. The van der Waals surface area contributed by atoms with Crippen molar-refractivity contribution in [3.05, 3.63) is 24.3 Å². The van der Waals surface area contributed by atoms with E-state index in [0.717, 1.165) is 28.3 Å². The normalized spacial score (nSPS) is 21.4. The van der Waals surface area contributed by atoms with Gasteiger partial charge in [-0.15, -0.1) is 0 Å². The number of amides is 1. The van der Waals surface area contributed by atoms with E-state index in [9.17, 15) is 4.79 Å². The van der Waals surface area contributed by atoms with Crippen LogP contribution in [0.25, 0.3) is 10.2 Å². The number of hydrogen-bond acceptors (Lipinski definition) is 5. The highest BCUT2D eigenvalue weighted by molar-refractivity contribution is 7.22. The quantitative estimate of drug-likeness (QED) is 0.882. The first-order valence-corrected chi connectivity index (χ1v) is 7.77. The van der Waals surface area contributed by atoms with Crippen molar-refractivity contribution in [1.29, 1.82) is 5.26 Å². The van der Waals surface area contributed by atoms with Gasteiger partial charge in [-0.1, -0.05) is 30.4 Å². The van der Waals surface area contributed by atoms with Crippen LogP contribution in [0.5, 0.6) is 0 Å². The van der Waals surface area contributed by atoms with Crippen LogP contribution in [0.15, 0.2) is 24.3 Å². The number of carbonyl (C=O) groups excluding carboxylic acids is 1. The molecule has 0 radical (unpaired) electrons. The number of nitrogens with one attached hydrogen (secondary N) is 1. The largest absolute Gasteiger partial charge is 0.341 e. The van der Waals surface area contributed by atoms with E-state index in [0.29, 0.717) is 5.92 Å². The molecule has 1 aliphatic heterocycles. The topological polar surface area (TPSA) is 69.0 Å². The van der Waals surface area contributed by atoms with Crippen molar-refractivity contribution in [3.8, 4) is 6.07 Å². The number of benzene rings is 1. The summed E-state index contributed by atoms with van der Waals surface area (Å²) in [4.78, 5) is 18.9. The van der Waals surface area contributed by atoms with Crippen LogP contribution in [0.2, 0.25) is 0 Å². The standard InChI is InChI=1S/C15H16N4OS/c1-10-8-12(14(20)17-7-6-16)19(9-10)15-18-11-4-2-3-5-13(11)21-15/h2-5,10,12H,7-9H2,1H3,(H,17,20)/t10-,12-/m0/s1. The molecule has 1 aromatic carbocycles. The first-order valence-electron chi connectivity index (χ1n) is 6.96. The number of hydrogen-bond donors (Lipinski definition) is 1. The first-order chi connectivity index (χ1) is 10.2. The van der Waals surface area contributed by atoms with E-state index in [1.807, 2.05) is 30.3 Å². The third-order valence-electron chi connectivity index (χ3n) is 3.68. The van der Waals surface area contributed by atoms with Gasteiger partial charge in [0.1, 0.15) is 12.6 Å².